The van der Waals surface area contributed by atoms with Crippen molar-refractivity contribution in [2.75, 3.05) is 11.1 Å². The molecule has 0 saturated carbocycles. The minimum atomic E-state index is -0.241. The van der Waals surface area contributed by atoms with Crippen LogP contribution >= 0.6 is 15.9 Å². The minimum absolute atomic E-state index is 0.241. The fourth-order valence-electron chi connectivity index (χ4n) is 1.55. The number of pyridine rings is 1. The topological polar surface area (TPSA) is 50.9 Å². The highest BCUT2D eigenvalue weighted by atomic mass is 79.9. The lowest BCUT2D eigenvalue weighted by molar-refractivity contribution is 0.626. The molecule has 0 aliphatic heterocycles. The average molecular weight is 310 g/mol. The summed E-state index contributed by atoms with van der Waals surface area (Å²) in [6.45, 7) is 2.42. The number of hydrogen-bond donors (Lipinski definition) is 2. The van der Waals surface area contributed by atoms with Crippen molar-refractivity contribution in [3.05, 3.63) is 51.9 Å². The van der Waals surface area contributed by atoms with Gasteiger partial charge >= 0.3 is 0 Å². The molecule has 94 valence electrons. The summed E-state index contributed by atoms with van der Waals surface area (Å²) in [5, 5.41) is 3.14. The lowest BCUT2D eigenvalue weighted by atomic mass is 10.2. The van der Waals surface area contributed by atoms with Gasteiger partial charge in [-0.15, -0.1) is 0 Å². The van der Waals surface area contributed by atoms with Crippen LogP contribution < -0.4 is 11.1 Å². The molecule has 0 radical (unpaired) electrons. The zero-order valence-corrected chi connectivity index (χ0v) is 11.5. The van der Waals surface area contributed by atoms with E-state index in [9.17, 15) is 4.39 Å². The molecule has 0 amide bonds. The molecule has 0 unspecified atom stereocenters. The van der Waals surface area contributed by atoms with E-state index >= 15 is 0 Å². The maximum atomic E-state index is 13.0. The van der Waals surface area contributed by atoms with Crippen molar-refractivity contribution in [2.24, 2.45) is 0 Å². The van der Waals surface area contributed by atoms with Crippen LogP contribution in [-0.2, 0) is 6.54 Å². The summed E-state index contributed by atoms with van der Waals surface area (Å²) >= 11 is 3.44. The molecule has 0 spiro atoms. The Hall–Kier alpha value is -1.62. The predicted molar refractivity (Wildman–Crippen MR) is 74.8 cm³/mol. The van der Waals surface area contributed by atoms with Crippen LogP contribution in [0.25, 0.3) is 0 Å². The highest BCUT2D eigenvalue weighted by Gasteiger charge is 2.07. The standard InChI is InChI=1S/C13H13BrFN3/c1-8-11(16)7-18-13(12(8)14)17-6-9-3-2-4-10(15)5-9/h2-5,7H,6,16H2,1H3,(H,17,18). The monoisotopic (exact) mass is 309 g/mol. The Balaban J connectivity index is 2.14. The van der Waals surface area contributed by atoms with Gasteiger partial charge in [-0.3, -0.25) is 0 Å². The summed E-state index contributed by atoms with van der Waals surface area (Å²) < 4.78 is 13.9. The number of anilines is 2. The van der Waals surface area contributed by atoms with Gasteiger partial charge in [-0.05, 0) is 46.1 Å². The Labute approximate surface area is 113 Å². The molecule has 0 atom stereocenters. The maximum Gasteiger partial charge on any atom is 0.140 e. The zero-order valence-electron chi connectivity index (χ0n) is 9.87. The molecule has 18 heavy (non-hydrogen) atoms. The number of nitrogens with one attached hydrogen (secondary N) is 1. The number of halogens is 2. The van der Waals surface area contributed by atoms with Gasteiger partial charge in [0.05, 0.1) is 16.4 Å². The zero-order chi connectivity index (χ0) is 13.1. The number of nitrogen functional groups attached to an aromatic ring is 1. The molecular weight excluding hydrogens is 297 g/mol. The Bertz CT molecular complexity index is 572. The number of hydrogen-bond acceptors (Lipinski definition) is 3. The summed E-state index contributed by atoms with van der Waals surface area (Å²) in [7, 11) is 0. The fourth-order valence-corrected chi connectivity index (χ4v) is 2.02. The van der Waals surface area contributed by atoms with E-state index in [0.29, 0.717) is 18.1 Å². The molecule has 1 aromatic heterocycles. The molecule has 0 aliphatic rings. The van der Waals surface area contributed by atoms with Crippen molar-refractivity contribution >= 4 is 27.4 Å². The van der Waals surface area contributed by atoms with E-state index in [-0.39, 0.29) is 5.82 Å². The SMILES string of the molecule is Cc1c(N)cnc(NCc2cccc(F)c2)c1Br. The van der Waals surface area contributed by atoms with Crippen LogP contribution in [0.15, 0.2) is 34.9 Å². The van der Waals surface area contributed by atoms with Crippen molar-refractivity contribution in [2.45, 2.75) is 13.5 Å². The second-order valence-electron chi connectivity index (χ2n) is 3.98. The third-order valence-corrected chi connectivity index (χ3v) is 3.62. The maximum absolute atomic E-state index is 13.0. The third kappa shape index (κ3) is 2.79. The van der Waals surface area contributed by atoms with Crippen LogP contribution in [0.5, 0.6) is 0 Å². The van der Waals surface area contributed by atoms with Crippen molar-refractivity contribution in [3.8, 4) is 0 Å². The van der Waals surface area contributed by atoms with Gasteiger partial charge in [0.2, 0.25) is 0 Å². The van der Waals surface area contributed by atoms with E-state index in [2.05, 4.69) is 26.2 Å². The van der Waals surface area contributed by atoms with E-state index in [1.54, 1.807) is 12.3 Å². The first-order chi connectivity index (χ1) is 8.58. The molecule has 3 nitrogen and oxygen atoms in total. The largest absolute Gasteiger partial charge is 0.397 e. The normalized spacial score (nSPS) is 10.4. The summed E-state index contributed by atoms with van der Waals surface area (Å²) in [6, 6.07) is 6.45. The van der Waals surface area contributed by atoms with Crippen molar-refractivity contribution in [1.29, 1.82) is 0 Å². The highest BCUT2D eigenvalue weighted by molar-refractivity contribution is 9.10. The number of rotatable bonds is 3. The number of benzene rings is 1. The van der Waals surface area contributed by atoms with Crippen LogP contribution in [0.3, 0.4) is 0 Å². The summed E-state index contributed by atoms with van der Waals surface area (Å²) in [5.41, 5.74) is 8.18. The summed E-state index contributed by atoms with van der Waals surface area (Å²) in [4.78, 5) is 4.20. The van der Waals surface area contributed by atoms with E-state index < -0.39 is 0 Å². The fraction of sp³-hybridized carbons (Fsp3) is 0.154. The molecule has 0 saturated heterocycles. The first-order valence-electron chi connectivity index (χ1n) is 5.47. The first kappa shape index (κ1) is 12.8. The van der Waals surface area contributed by atoms with Crippen LogP contribution in [0, 0.1) is 12.7 Å². The second-order valence-corrected chi connectivity index (χ2v) is 4.78. The smallest absolute Gasteiger partial charge is 0.140 e. The molecule has 5 heteroatoms. The van der Waals surface area contributed by atoms with E-state index in [4.69, 9.17) is 5.73 Å². The Morgan fingerprint density at radius 1 is 1.44 bits per heavy atom. The van der Waals surface area contributed by atoms with Crippen LogP contribution in [-0.4, -0.2) is 4.98 Å². The Morgan fingerprint density at radius 3 is 2.94 bits per heavy atom. The minimum Gasteiger partial charge on any atom is -0.397 e. The summed E-state index contributed by atoms with van der Waals surface area (Å²) in [5.74, 6) is 0.459. The van der Waals surface area contributed by atoms with E-state index in [0.717, 1.165) is 15.6 Å². The number of nitrogens with two attached hydrogens (primary N) is 1. The van der Waals surface area contributed by atoms with Gasteiger partial charge in [-0.1, -0.05) is 12.1 Å². The molecule has 3 N–H and O–H groups in total. The van der Waals surface area contributed by atoms with Gasteiger partial charge in [-0.2, -0.15) is 0 Å². The van der Waals surface area contributed by atoms with E-state index in [1.807, 2.05) is 13.0 Å². The number of aromatic nitrogens is 1. The van der Waals surface area contributed by atoms with Crippen molar-refractivity contribution in [1.82, 2.24) is 4.98 Å². The number of nitrogens with zero attached hydrogens (tertiary/aromatic N) is 1. The first-order valence-corrected chi connectivity index (χ1v) is 6.26. The molecule has 1 aromatic carbocycles. The quantitative estimate of drug-likeness (QED) is 0.912. The van der Waals surface area contributed by atoms with Crippen LogP contribution in [0.4, 0.5) is 15.9 Å². The van der Waals surface area contributed by atoms with E-state index in [1.165, 1.54) is 12.1 Å². The lowest BCUT2D eigenvalue weighted by Crippen LogP contribution is -2.04. The molecule has 0 fully saturated rings. The van der Waals surface area contributed by atoms with Gasteiger partial charge in [0.15, 0.2) is 0 Å². The van der Waals surface area contributed by atoms with Gasteiger partial charge in [0.1, 0.15) is 11.6 Å². The third-order valence-electron chi connectivity index (χ3n) is 2.65. The molecule has 0 bridgehead atoms. The van der Waals surface area contributed by atoms with Crippen molar-refractivity contribution in [3.63, 3.8) is 0 Å². The van der Waals surface area contributed by atoms with Crippen LogP contribution in [0.1, 0.15) is 11.1 Å². The average Bonchev–Trinajstić information content (AvgIpc) is 2.35. The second kappa shape index (κ2) is 5.35. The lowest BCUT2D eigenvalue weighted by Gasteiger charge is -2.10. The molecule has 2 rings (SSSR count). The summed E-state index contributed by atoms with van der Waals surface area (Å²) in [6.07, 6.45) is 1.61. The van der Waals surface area contributed by atoms with Gasteiger partial charge in [0.25, 0.3) is 0 Å². The molecule has 1 heterocycles. The van der Waals surface area contributed by atoms with Gasteiger partial charge in [-0.25, -0.2) is 9.37 Å². The molecular formula is C13H13BrFN3. The van der Waals surface area contributed by atoms with Crippen LogP contribution in [0.2, 0.25) is 0 Å². The molecule has 2 aromatic rings. The highest BCUT2D eigenvalue weighted by Crippen LogP contribution is 2.27. The van der Waals surface area contributed by atoms with Crippen molar-refractivity contribution < 1.29 is 4.39 Å². The van der Waals surface area contributed by atoms with Gasteiger partial charge in [0, 0.05) is 6.54 Å². The Morgan fingerprint density at radius 2 is 2.22 bits per heavy atom. The molecule has 0 aliphatic carbocycles. The predicted octanol–water partition coefficient (Wildman–Crippen LogP) is 3.49. The Kier molecular flexibility index (Phi) is 3.81. The van der Waals surface area contributed by atoms with Gasteiger partial charge < -0.3 is 11.1 Å².